The number of carbonyl (C=O) groups is 1. The molecule has 1 fully saturated rings. The molecule has 14 heteroatoms. The Morgan fingerprint density at radius 3 is 2.35 bits per heavy atom. The lowest BCUT2D eigenvalue weighted by molar-refractivity contribution is -0.145. The smallest absolute Gasteiger partial charge is 0.351 e. The summed E-state index contributed by atoms with van der Waals surface area (Å²) in [5.41, 5.74) is 0.156. The molecule has 3 aromatic rings. The molecule has 0 spiro atoms. The van der Waals surface area contributed by atoms with E-state index in [1.54, 1.807) is 0 Å². The number of aromatic nitrogens is 3. The summed E-state index contributed by atoms with van der Waals surface area (Å²) in [4.78, 5) is 23.2. The minimum absolute atomic E-state index is 0.0259. The predicted octanol–water partition coefficient (Wildman–Crippen LogP) is 3.70. The molecule has 0 saturated carbocycles. The Balaban J connectivity index is 1.50. The van der Waals surface area contributed by atoms with Crippen LogP contribution in [0.15, 0.2) is 53.8 Å². The predicted molar refractivity (Wildman–Crippen MR) is 120 cm³/mol. The second kappa shape index (κ2) is 10.5. The van der Waals surface area contributed by atoms with Crippen molar-refractivity contribution >= 4 is 15.9 Å². The van der Waals surface area contributed by atoms with Crippen LogP contribution in [0.25, 0.3) is 11.3 Å². The fraction of sp³-hybridized carbons (Fsp3) is 0.304. The number of hydrogen-bond acceptors (Lipinski definition) is 6. The molecule has 37 heavy (non-hydrogen) atoms. The third kappa shape index (κ3) is 5.91. The number of carbonyl (C=O) groups excluding carboxylic acids is 1. The van der Waals surface area contributed by atoms with Crippen LogP contribution in [0.4, 0.5) is 22.0 Å². The highest BCUT2D eigenvalue weighted by atomic mass is 32.2. The van der Waals surface area contributed by atoms with Crippen molar-refractivity contribution in [3.63, 3.8) is 0 Å². The van der Waals surface area contributed by atoms with Crippen molar-refractivity contribution in [3.8, 4) is 11.3 Å². The molecule has 196 valence electrons. The van der Waals surface area contributed by atoms with Gasteiger partial charge in [-0.05, 0) is 43.2 Å². The van der Waals surface area contributed by atoms with E-state index in [-0.39, 0.29) is 41.2 Å². The Morgan fingerprint density at radius 2 is 1.70 bits per heavy atom. The van der Waals surface area contributed by atoms with E-state index >= 15 is 0 Å². The minimum atomic E-state index is -4.72. The summed E-state index contributed by atoms with van der Waals surface area (Å²) in [5.74, 6) is -3.37. The summed E-state index contributed by atoms with van der Waals surface area (Å²) in [7, 11) is -4.09. The molecule has 0 radical (unpaired) electrons. The van der Waals surface area contributed by atoms with E-state index in [1.807, 2.05) is 0 Å². The Labute approximate surface area is 208 Å². The maximum atomic E-state index is 14.4. The van der Waals surface area contributed by atoms with E-state index in [2.05, 4.69) is 20.3 Å². The van der Waals surface area contributed by atoms with Crippen molar-refractivity contribution in [2.24, 2.45) is 0 Å². The second-order valence-electron chi connectivity index (χ2n) is 8.25. The standard InChI is InChI=1S/C23H20F5N5O3S/c24-16-4-6-17(7-5-16)37(35,36)33-8-2-1-3-20(33)21(34)30-10-14-9-19(29-13-18(14)25)15-11-31-22(32-12-15)23(26,27)28/h4-7,9,11-13,20H,1-3,8,10H2,(H,30,34)/t20-/m0/s1. The first-order valence-corrected chi connectivity index (χ1v) is 12.5. The van der Waals surface area contributed by atoms with E-state index in [0.29, 0.717) is 12.8 Å². The lowest BCUT2D eigenvalue weighted by Crippen LogP contribution is -2.51. The van der Waals surface area contributed by atoms with Gasteiger partial charge in [-0.15, -0.1) is 0 Å². The molecular formula is C23H20F5N5O3S. The van der Waals surface area contributed by atoms with Gasteiger partial charge in [-0.25, -0.2) is 27.2 Å². The van der Waals surface area contributed by atoms with Gasteiger partial charge in [0.1, 0.15) is 17.7 Å². The number of benzene rings is 1. The van der Waals surface area contributed by atoms with Crippen molar-refractivity contribution in [3.05, 3.63) is 71.9 Å². The van der Waals surface area contributed by atoms with Gasteiger partial charge in [0.05, 0.1) is 16.8 Å². The SMILES string of the molecule is O=C(NCc1cc(-c2cnc(C(F)(F)F)nc2)ncc1F)[C@@H]1CCCCN1S(=O)(=O)c1ccc(F)cc1. The van der Waals surface area contributed by atoms with Crippen LogP contribution in [0, 0.1) is 11.6 Å². The third-order valence-electron chi connectivity index (χ3n) is 5.77. The van der Waals surface area contributed by atoms with Crippen molar-refractivity contribution < 1.29 is 35.2 Å². The van der Waals surface area contributed by atoms with Gasteiger partial charge in [-0.3, -0.25) is 9.78 Å². The van der Waals surface area contributed by atoms with Crippen LogP contribution in [0.5, 0.6) is 0 Å². The molecule has 1 N–H and O–H groups in total. The zero-order valence-corrected chi connectivity index (χ0v) is 19.9. The van der Waals surface area contributed by atoms with Crippen LogP contribution < -0.4 is 5.32 Å². The van der Waals surface area contributed by atoms with E-state index in [9.17, 15) is 35.2 Å². The lowest BCUT2D eigenvalue weighted by atomic mass is 10.0. The monoisotopic (exact) mass is 541 g/mol. The van der Waals surface area contributed by atoms with Crippen LogP contribution in [0.1, 0.15) is 30.7 Å². The lowest BCUT2D eigenvalue weighted by Gasteiger charge is -2.33. The summed E-state index contributed by atoms with van der Waals surface area (Å²) >= 11 is 0. The highest BCUT2D eigenvalue weighted by molar-refractivity contribution is 7.89. The summed E-state index contributed by atoms with van der Waals surface area (Å²) in [6, 6.07) is 4.43. The van der Waals surface area contributed by atoms with Crippen LogP contribution in [0.3, 0.4) is 0 Å². The molecular weight excluding hydrogens is 521 g/mol. The van der Waals surface area contributed by atoms with Gasteiger partial charge in [0.2, 0.25) is 21.8 Å². The Bertz CT molecular complexity index is 1380. The van der Waals surface area contributed by atoms with E-state index in [1.165, 1.54) is 6.07 Å². The molecule has 0 aliphatic carbocycles. The van der Waals surface area contributed by atoms with Gasteiger partial charge >= 0.3 is 6.18 Å². The van der Waals surface area contributed by atoms with Crippen LogP contribution in [-0.4, -0.2) is 46.2 Å². The number of hydrogen-bond donors (Lipinski definition) is 1. The van der Waals surface area contributed by atoms with Crippen LogP contribution in [-0.2, 0) is 27.5 Å². The number of pyridine rings is 1. The summed E-state index contributed by atoms with van der Waals surface area (Å²) in [6.45, 7) is -0.248. The number of nitrogens with one attached hydrogen (secondary N) is 1. The maximum Gasteiger partial charge on any atom is 0.451 e. The third-order valence-corrected chi connectivity index (χ3v) is 7.69. The summed E-state index contributed by atoms with van der Waals surface area (Å²) in [5, 5.41) is 2.53. The number of rotatable bonds is 6. The topological polar surface area (TPSA) is 105 Å². The van der Waals surface area contributed by atoms with Gasteiger partial charge in [0, 0.05) is 36.6 Å². The molecule has 0 bridgehead atoms. The van der Waals surface area contributed by atoms with Gasteiger partial charge < -0.3 is 5.32 Å². The van der Waals surface area contributed by atoms with E-state index in [0.717, 1.165) is 47.2 Å². The first kappa shape index (κ1) is 26.5. The highest BCUT2D eigenvalue weighted by Gasteiger charge is 2.37. The zero-order chi connectivity index (χ0) is 26.8. The molecule has 1 amide bonds. The quantitative estimate of drug-likeness (QED) is 0.478. The van der Waals surface area contributed by atoms with Gasteiger partial charge in [0.15, 0.2) is 0 Å². The van der Waals surface area contributed by atoms with Crippen LogP contribution in [0.2, 0.25) is 0 Å². The van der Waals surface area contributed by atoms with Crippen molar-refractivity contribution in [1.82, 2.24) is 24.6 Å². The molecule has 4 rings (SSSR count). The first-order valence-electron chi connectivity index (χ1n) is 11.1. The van der Waals surface area contributed by atoms with Crippen molar-refractivity contribution in [2.75, 3.05) is 6.54 Å². The second-order valence-corrected chi connectivity index (χ2v) is 10.1. The first-order chi connectivity index (χ1) is 17.5. The van der Waals surface area contributed by atoms with E-state index < -0.39 is 45.6 Å². The van der Waals surface area contributed by atoms with Gasteiger partial charge in [0.25, 0.3) is 0 Å². The number of amides is 1. The molecule has 1 aliphatic rings. The molecule has 2 aromatic heterocycles. The number of halogens is 5. The number of alkyl halides is 3. The summed E-state index contributed by atoms with van der Waals surface area (Å²) < 4.78 is 93.0. The summed E-state index contributed by atoms with van der Waals surface area (Å²) in [6.07, 6.45) is -0.713. The molecule has 0 unspecified atom stereocenters. The fourth-order valence-electron chi connectivity index (χ4n) is 3.88. The Morgan fingerprint density at radius 1 is 1.03 bits per heavy atom. The molecule has 1 atom stereocenters. The number of nitrogens with zero attached hydrogens (tertiary/aromatic N) is 4. The molecule has 8 nitrogen and oxygen atoms in total. The highest BCUT2D eigenvalue weighted by Crippen LogP contribution is 2.28. The molecule has 3 heterocycles. The van der Waals surface area contributed by atoms with Gasteiger partial charge in [-0.2, -0.15) is 17.5 Å². The van der Waals surface area contributed by atoms with Crippen molar-refractivity contribution in [1.29, 1.82) is 0 Å². The van der Waals surface area contributed by atoms with Gasteiger partial charge in [-0.1, -0.05) is 6.42 Å². The van der Waals surface area contributed by atoms with E-state index in [4.69, 9.17) is 0 Å². The fourth-order valence-corrected chi connectivity index (χ4v) is 5.53. The average molecular weight is 542 g/mol. The normalized spacial score (nSPS) is 16.9. The molecule has 1 aromatic carbocycles. The Kier molecular flexibility index (Phi) is 7.50. The van der Waals surface area contributed by atoms with Crippen molar-refractivity contribution in [2.45, 2.75) is 42.9 Å². The van der Waals surface area contributed by atoms with Crippen LogP contribution >= 0.6 is 0 Å². The molecule has 1 aliphatic heterocycles. The average Bonchev–Trinajstić information content (AvgIpc) is 2.88. The molecule has 1 saturated heterocycles. The Hall–Kier alpha value is -3.52. The largest absolute Gasteiger partial charge is 0.451 e. The minimum Gasteiger partial charge on any atom is -0.351 e. The number of sulfonamides is 1. The maximum absolute atomic E-state index is 14.4. The zero-order valence-electron chi connectivity index (χ0n) is 19.0. The number of piperidine rings is 1.